The van der Waals surface area contributed by atoms with Crippen molar-refractivity contribution in [1.29, 1.82) is 0 Å². The van der Waals surface area contributed by atoms with Gasteiger partial charge in [0.1, 0.15) is 0 Å². The molecule has 3 rings (SSSR count). The molecule has 27 heavy (non-hydrogen) atoms. The number of aryl methyl sites for hydroxylation is 1. The highest BCUT2D eigenvalue weighted by Crippen LogP contribution is 2.20. The van der Waals surface area contributed by atoms with E-state index in [0.717, 1.165) is 37.1 Å². The van der Waals surface area contributed by atoms with Gasteiger partial charge in [0, 0.05) is 24.5 Å². The third-order valence-electron chi connectivity index (χ3n) is 4.86. The molecule has 3 amide bonds. The minimum Gasteiger partial charge on any atom is -0.326 e. The van der Waals surface area contributed by atoms with E-state index in [9.17, 15) is 9.59 Å². The van der Waals surface area contributed by atoms with Crippen molar-refractivity contribution in [3.8, 4) is 0 Å². The molecule has 5 heteroatoms. The summed E-state index contributed by atoms with van der Waals surface area (Å²) in [5.74, 6) is -0.203. The van der Waals surface area contributed by atoms with Gasteiger partial charge in [-0.3, -0.25) is 4.79 Å². The minimum atomic E-state index is -0.185. The Morgan fingerprint density at radius 2 is 1.70 bits per heavy atom. The summed E-state index contributed by atoms with van der Waals surface area (Å²) >= 11 is 0. The molecular formula is C22H27N3O2. The number of urea groups is 1. The van der Waals surface area contributed by atoms with Crippen LogP contribution in [0.4, 0.5) is 16.2 Å². The summed E-state index contributed by atoms with van der Waals surface area (Å²) in [4.78, 5) is 26.8. The van der Waals surface area contributed by atoms with Gasteiger partial charge in [0.15, 0.2) is 0 Å². The van der Waals surface area contributed by atoms with Crippen LogP contribution in [0.25, 0.3) is 0 Å². The Kier molecular flexibility index (Phi) is 6.47. The van der Waals surface area contributed by atoms with Crippen LogP contribution < -0.4 is 10.6 Å². The molecule has 0 spiro atoms. The van der Waals surface area contributed by atoms with E-state index in [-0.39, 0.29) is 17.9 Å². The number of hydrogen-bond donors (Lipinski definition) is 2. The number of anilines is 2. The summed E-state index contributed by atoms with van der Waals surface area (Å²) in [7, 11) is 0. The van der Waals surface area contributed by atoms with Gasteiger partial charge in [0.05, 0.1) is 5.92 Å². The van der Waals surface area contributed by atoms with Gasteiger partial charge in [-0.25, -0.2) is 4.79 Å². The number of amides is 3. The minimum absolute atomic E-state index is 0.0181. The largest absolute Gasteiger partial charge is 0.326 e. The highest BCUT2D eigenvalue weighted by Gasteiger charge is 2.28. The van der Waals surface area contributed by atoms with Crippen LogP contribution in [0.2, 0.25) is 0 Å². The molecule has 1 saturated heterocycles. The van der Waals surface area contributed by atoms with Gasteiger partial charge in [0.25, 0.3) is 0 Å². The molecule has 0 saturated carbocycles. The standard InChI is InChI=1S/C22H27N3O2/c1-2-7-17-11-13-20(14-12-17)23-21(26)18-8-6-15-25(16-18)22(27)24-19-9-4-3-5-10-19/h3-5,9-14,18H,2,6-8,15-16H2,1H3,(H,23,26)(H,24,27)/t18-/m0/s1. The van der Waals surface area contributed by atoms with Crippen molar-refractivity contribution in [2.24, 2.45) is 5.92 Å². The first-order valence-electron chi connectivity index (χ1n) is 9.66. The van der Waals surface area contributed by atoms with Gasteiger partial charge in [-0.2, -0.15) is 0 Å². The number of nitrogens with zero attached hydrogens (tertiary/aromatic N) is 1. The molecule has 0 radical (unpaired) electrons. The fourth-order valence-electron chi connectivity index (χ4n) is 3.39. The predicted octanol–water partition coefficient (Wildman–Crippen LogP) is 4.52. The summed E-state index contributed by atoms with van der Waals surface area (Å²) in [5.41, 5.74) is 2.85. The average molecular weight is 365 g/mol. The molecule has 0 unspecified atom stereocenters. The van der Waals surface area contributed by atoms with E-state index in [4.69, 9.17) is 0 Å². The zero-order valence-electron chi connectivity index (χ0n) is 15.8. The van der Waals surface area contributed by atoms with Gasteiger partial charge in [0.2, 0.25) is 5.91 Å². The van der Waals surface area contributed by atoms with Crippen LogP contribution in [-0.4, -0.2) is 29.9 Å². The van der Waals surface area contributed by atoms with Gasteiger partial charge in [-0.05, 0) is 49.1 Å². The van der Waals surface area contributed by atoms with Crippen LogP contribution in [-0.2, 0) is 11.2 Å². The van der Waals surface area contributed by atoms with E-state index in [2.05, 4.69) is 29.7 Å². The molecule has 2 aromatic carbocycles. The second-order valence-corrected chi connectivity index (χ2v) is 7.02. The maximum atomic E-state index is 12.6. The van der Waals surface area contributed by atoms with Crippen LogP contribution in [0.15, 0.2) is 54.6 Å². The van der Waals surface area contributed by atoms with E-state index in [0.29, 0.717) is 13.1 Å². The number of benzene rings is 2. The summed E-state index contributed by atoms with van der Waals surface area (Å²) < 4.78 is 0. The smallest absolute Gasteiger partial charge is 0.321 e. The molecule has 142 valence electrons. The second kappa shape index (κ2) is 9.21. The molecule has 1 fully saturated rings. The summed E-state index contributed by atoms with van der Waals surface area (Å²) in [6.45, 7) is 3.27. The number of likely N-dealkylation sites (tertiary alicyclic amines) is 1. The molecular weight excluding hydrogens is 338 g/mol. The normalized spacial score (nSPS) is 16.6. The fourth-order valence-corrected chi connectivity index (χ4v) is 3.39. The summed E-state index contributed by atoms with van der Waals surface area (Å²) in [6, 6.07) is 17.2. The Labute approximate surface area is 160 Å². The molecule has 0 bridgehead atoms. The predicted molar refractivity (Wildman–Crippen MR) is 109 cm³/mol. The molecule has 2 aromatic rings. The first-order valence-corrected chi connectivity index (χ1v) is 9.66. The van der Waals surface area contributed by atoms with Gasteiger partial charge in [-0.15, -0.1) is 0 Å². The third-order valence-corrected chi connectivity index (χ3v) is 4.86. The lowest BCUT2D eigenvalue weighted by Crippen LogP contribution is -2.45. The maximum absolute atomic E-state index is 12.6. The van der Waals surface area contributed by atoms with Crippen molar-refractivity contribution >= 4 is 23.3 Å². The Bertz CT molecular complexity index is 759. The summed E-state index contributed by atoms with van der Waals surface area (Å²) in [5, 5.41) is 5.89. The van der Waals surface area contributed by atoms with Crippen LogP contribution in [0.1, 0.15) is 31.7 Å². The molecule has 5 nitrogen and oxygen atoms in total. The maximum Gasteiger partial charge on any atom is 0.321 e. The van der Waals surface area contributed by atoms with E-state index in [1.165, 1.54) is 5.56 Å². The lowest BCUT2D eigenvalue weighted by atomic mass is 9.97. The van der Waals surface area contributed by atoms with E-state index < -0.39 is 0 Å². The van der Waals surface area contributed by atoms with Crippen LogP contribution in [0.3, 0.4) is 0 Å². The molecule has 1 aliphatic heterocycles. The number of para-hydroxylation sites is 1. The number of nitrogens with one attached hydrogen (secondary N) is 2. The number of piperidine rings is 1. The first-order chi connectivity index (χ1) is 13.2. The third kappa shape index (κ3) is 5.33. The van der Waals surface area contributed by atoms with Crippen LogP contribution in [0, 0.1) is 5.92 Å². The average Bonchev–Trinajstić information content (AvgIpc) is 2.70. The van der Waals surface area contributed by atoms with Crippen molar-refractivity contribution in [3.63, 3.8) is 0 Å². The Balaban J connectivity index is 1.55. The van der Waals surface area contributed by atoms with Gasteiger partial charge in [-0.1, -0.05) is 43.7 Å². The van der Waals surface area contributed by atoms with Crippen molar-refractivity contribution in [2.75, 3.05) is 23.7 Å². The Morgan fingerprint density at radius 3 is 2.41 bits per heavy atom. The molecule has 1 heterocycles. The van der Waals surface area contributed by atoms with Crippen LogP contribution in [0.5, 0.6) is 0 Å². The number of carbonyl (C=O) groups is 2. The summed E-state index contributed by atoms with van der Waals surface area (Å²) in [6.07, 6.45) is 3.78. The monoisotopic (exact) mass is 365 g/mol. The van der Waals surface area contributed by atoms with Gasteiger partial charge >= 0.3 is 6.03 Å². The number of hydrogen-bond acceptors (Lipinski definition) is 2. The van der Waals surface area contributed by atoms with Crippen molar-refractivity contribution < 1.29 is 9.59 Å². The highest BCUT2D eigenvalue weighted by atomic mass is 16.2. The Morgan fingerprint density at radius 1 is 1.00 bits per heavy atom. The molecule has 0 aromatic heterocycles. The van der Waals surface area contributed by atoms with Crippen molar-refractivity contribution in [2.45, 2.75) is 32.6 Å². The Hall–Kier alpha value is -2.82. The van der Waals surface area contributed by atoms with Crippen molar-refractivity contribution in [1.82, 2.24) is 4.90 Å². The van der Waals surface area contributed by atoms with Crippen molar-refractivity contribution in [3.05, 3.63) is 60.2 Å². The zero-order chi connectivity index (χ0) is 19.1. The number of carbonyl (C=O) groups excluding carboxylic acids is 2. The molecule has 1 atom stereocenters. The SMILES string of the molecule is CCCc1ccc(NC(=O)[C@H]2CCCN(C(=O)Nc3ccccc3)C2)cc1. The van der Waals surface area contributed by atoms with E-state index in [1.54, 1.807) is 4.90 Å². The van der Waals surface area contributed by atoms with E-state index >= 15 is 0 Å². The first kappa shape index (κ1) is 19.0. The second-order valence-electron chi connectivity index (χ2n) is 7.02. The fraction of sp³-hybridized carbons (Fsp3) is 0.364. The molecule has 2 N–H and O–H groups in total. The van der Waals surface area contributed by atoms with Gasteiger partial charge < -0.3 is 15.5 Å². The molecule has 0 aliphatic carbocycles. The highest BCUT2D eigenvalue weighted by molar-refractivity contribution is 5.94. The number of rotatable bonds is 5. The van der Waals surface area contributed by atoms with E-state index in [1.807, 2.05) is 42.5 Å². The lowest BCUT2D eigenvalue weighted by Gasteiger charge is -2.32. The lowest BCUT2D eigenvalue weighted by molar-refractivity contribution is -0.121. The molecule has 1 aliphatic rings. The zero-order valence-corrected chi connectivity index (χ0v) is 15.8. The van der Waals surface area contributed by atoms with Crippen LogP contribution >= 0.6 is 0 Å². The topological polar surface area (TPSA) is 61.4 Å². The quantitative estimate of drug-likeness (QED) is 0.818.